The van der Waals surface area contributed by atoms with Crippen LogP contribution in [-0.2, 0) is 4.79 Å². The molecule has 4 nitrogen and oxygen atoms in total. The molecule has 0 aromatic carbocycles. The van der Waals surface area contributed by atoms with Crippen LogP contribution in [0.15, 0.2) is 24.3 Å². The van der Waals surface area contributed by atoms with Gasteiger partial charge in [0.1, 0.15) is 0 Å². The summed E-state index contributed by atoms with van der Waals surface area (Å²) in [6, 6.07) is -0.619. The Morgan fingerprint density at radius 3 is 1.12 bits per heavy atom. The molecule has 0 heterocycles. The van der Waals surface area contributed by atoms with Crippen LogP contribution in [0, 0.1) is 0 Å². The Morgan fingerprint density at radius 1 is 0.469 bits per heavy atom. The van der Waals surface area contributed by atoms with Gasteiger partial charge in [-0.3, -0.25) is 4.79 Å². The monoisotopic (exact) mass is 690 g/mol. The second-order valence-corrected chi connectivity index (χ2v) is 15.1. The first kappa shape index (κ1) is 47.9. The van der Waals surface area contributed by atoms with Crippen molar-refractivity contribution in [2.75, 3.05) is 6.61 Å². The largest absolute Gasteiger partial charge is 0.394 e. The molecule has 0 aromatic heterocycles. The Kier molecular flexibility index (Phi) is 40.3. The van der Waals surface area contributed by atoms with E-state index in [-0.39, 0.29) is 12.5 Å². The summed E-state index contributed by atoms with van der Waals surface area (Å²) in [7, 11) is 0. The second kappa shape index (κ2) is 41.3. The summed E-state index contributed by atoms with van der Waals surface area (Å²) in [4.78, 5) is 12.4. The van der Waals surface area contributed by atoms with Crippen LogP contribution in [0.25, 0.3) is 0 Å². The number of unbranched alkanes of at least 4 members (excludes halogenated alkanes) is 31. The summed E-state index contributed by atoms with van der Waals surface area (Å²) < 4.78 is 0. The van der Waals surface area contributed by atoms with E-state index < -0.39 is 12.1 Å². The minimum Gasteiger partial charge on any atom is -0.394 e. The van der Waals surface area contributed by atoms with Gasteiger partial charge in [0.25, 0.3) is 0 Å². The molecule has 0 aliphatic carbocycles. The summed E-state index contributed by atoms with van der Waals surface area (Å²) in [6.45, 7) is 4.31. The fraction of sp³-hybridized carbons (Fsp3) is 0.889. The molecule has 0 aliphatic heterocycles. The third kappa shape index (κ3) is 37.9. The van der Waals surface area contributed by atoms with Gasteiger partial charge in [0, 0.05) is 6.42 Å². The maximum Gasteiger partial charge on any atom is 0.220 e. The highest BCUT2D eigenvalue weighted by atomic mass is 16.3. The normalized spacial score (nSPS) is 13.1. The number of aliphatic hydroxyl groups excluding tert-OH is 2. The van der Waals surface area contributed by atoms with Gasteiger partial charge in [-0.1, -0.05) is 212 Å². The maximum atomic E-state index is 12.4. The molecule has 0 saturated heterocycles. The van der Waals surface area contributed by atoms with Crippen LogP contribution in [-0.4, -0.2) is 34.9 Å². The van der Waals surface area contributed by atoms with E-state index in [0.29, 0.717) is 6.42 Å². The molecule has 0 spiro atoms. The van der Waals surface area contributed by atoms with E-state index in [1.807, 2.05) is 6.08 Å². The Balaban J connectivity index is 3.50. The highest BCUT2D eigenvalue weighted by Crippen LogP contribution is 2.15. The molecule has 2 atom stereocenters. The number of rotatable bonds is 40. The van der Waals surface area contributed by atoms with Crippen molar-refractivity contribution in [2.24, 2.45) is 0 Å². The van der Waals surface area contributed by atoms with Crippen LogP contribution < -0.4 is 5.32 Å². The third-order valence-electron chi connectivity index (χ3n) is 10.2. The molecule has 0 bridgehead atoms. The molecular weight excluding hydrogens is 602 g/mol. The van der Waals surface area contributed by atoms with Gasteiger partial charge < -0.3 is 15.5 Å². The summed E-state index contributed by atoms with van der Waals surface area (Å²) in [6.07, 6.45) is 52.9. The first-order valence-corrected chi connectivity index (χ1v) is 22.1. The fourth-order valence-corrected chi connectivity index (χ4v) is 6.76. The van der Waals surface area contributed by atoms with Gasteiger partial charge in [-0.15, -0.1) is 0 Å². The van der Waals surface area contributed by atoms with Gasteiger partial charge in [-0.2, -0.15) is 0 Å². The Morgan fingerprint density at radius 2 is 0.776 bits per heavy atom. The van der Waals surface area contributed by atoms with E-state index in [1.165, 1.54) is 193 Å². The molecule has 0 aliphatic rings. The van der Waals surface area contributed by atoms with Crippen molar-refractivity contribution in [2.45, 2.75) is 251 Å². The van der Waals surface area contributed by atoms with Gasteiger partial charge in [0.2, 0.25) is 5.91 Å². The first-order valence-electron chi connectivity index (χ1n) is 22.1. The van der Waals surface area contributed by atoms with Crippen LogP contribution >= 0.6 is 0 Å². The van der Waals surface area contributed by atoms with Crippen molar-refractivity contribution in [1.82, 2.24) is 5.32 Å². The quantitative estimate of drug-likeness (QED) is 0.0443. The molecule has 3 N–H and O–H groups in total. The number of carbonyl (C=O) groups excluding carboxylic acids is 1. The summed E-state index contributed by atoms with van der Waals surface area (Å²) in [5, 5.41) is 22.9. The van der Waals surface area contributed by atoms with Crippen molar-refractivity contribution >= 4 is 5.91 Å². The van der Waals surface area contributed by atoms with Crippen molar-refractivity contribution in [3.8, 4) is 0 Å². The third-order valence-corrected chi connectivity index (χ3v) is 10.2. The molecule has 49 heavy (non-hydrogen) atoms. The molecule has 0 radical (unpaired) electrons. The lowest BCUT2D eigenvalue weighted by Crippen LogP contribution is -2.45. The highest BCUT2D eigenvalue weighted by molar-refractivity contribution is 5.76. The van der Waals surface area contributed by atoms with Crippen LogP contribution in [0.1, 0.15) is 239 Å². The zero-order chi connectivity index (χ0) is 35.7. The van der Waals surface area contributed by atoms with Crippen LogP contribution in [0.2, 0.25) is 0 Å². The number of allylic oxidation sites excluding steroid dienone is 3. The highest BCUT2D eigenvalue weighted by Gasteiger charge is 2.17. The van der Waals surface area contributed by atoms with Gasteiger partial charge in [-0.05, 0) is 44.9 Å². The SMILES string of the molecule is CCCCCCCCCCCC/C=C/C(O)C(CO)NC(=O)CCCCCCCCCCC/C=C\CCCCCCCCCCCCCC. The van der Waals surface area contributed by atoms with Crippen molar-refractivity contribution in [3.63, 3.8) is 0 Å². The predicted molar refractivity (Wildman–Crippen MR) is 216 cm³/mol. The van der Waals surface area contributed by atoms with E-state index >= 15 is 0 Å². The van der Waals surface area contributed by atoms with Gasteiger partial charge in [0.05, 0.1) is 18.8 Å². The lowest BCUT2D eigenvalue weighted by atomic mass is 10.0. The lowest BCUT2D eigenvalue weighted by molar-refractivity contribution is -0.123. The molecule has 0 fully saturated rings. The van der Waals surface area contributed by atoms with Crippen molar-refractivity contribution in [3.05, 3.63) is 24.3 Å². The number of nitrogens with one attached hydrogen (secondary N) is 1. The van der Waals surface area contributed by atoms with Crippen molar-refractivity contribution < 1.29 is 15.0 Å². The topological polar surface area (TPSA) is 69.6 Å². The Labute approximate surface area is 307 Å². The molecule has 290 valence electrons. The molecule has 0 saturated carbocycles. The van der Waals surface area contributed by atoms with E-state index in [4.69, 9.17) is 0 Å². The minimum atomic E-state index is -0.836. The van der Waals surface area contributed by atoms with Crippen LogP contribution in [0.4, 0.5) is 0 Å². The molecule has 1 amide bonds. The number of amides is 1. The van der Waals surface area contributed by atoms with E-state index in [9.17, 15) is 15.0 Å². The zero-order valence-corrected chi connectivity index (χ0v) is 33.2. The van der Waals surface area contributed by atoms with E-state index in [2.05, 4.69) is 31.3 Å². The second-order valence-electron chi connectivity index (χ2n) is 15.1. The van der Waals surface area contributed by atoms with E-state index in [0.717, 1.165) is 25.7 Å². The van der Waals surface area contributed by atoms with E-state index in [1.54, 1.807) is 6.08 Å². The standard InChI is InChI=1S/C45H87NO3/c1-3-5-7-9-11-13-15-17-18-19-20-21-22-23-24-25-26-27-28-29-31-33-35-37-39-41-45(49)46-43(42-47)44(48)40-38-36-34-32-30-16-14-12-10-8-6-4-2/h23-24,38,40,43-44,47-48H,3-22,25-37,39,41-42H2,1-2H3,(H,46,49)/b24-23-,40-38+. The molecular formula is C45H87NO3. The minimum absolute atomic E-state index is 0.0654. The van der Waals surface area contributed by atoms with Gasteiger partial charge in [-0.25, -0.2) is 0 Å². The van der Waals surface area contributed by atoms with Gasteiger partial charge >= 0.3 is 0 Å². The first-order chi connectivity index (χ1) is 24.2. The van der Waals surface area contributed by atoms with Crippen LogP contribution in [0.3, 0.4) is 0 Å². The summed E-state index contributed by atoms with van der Waals surface area (Å²) >= 11 is 0. The average Bonchev–Trinajstić information content (AvgIpc) is 3.10. The number of carbonyl (C=O) groups is 1. The summed E-state index contributed by atoms with van der Waals surface area (Å²) in [5.74, 6) is -0.0654. The number of hydrogen-bond donors (Lipinski definition) is 3. The fourth-order valence-electron chi connectivity index (χ4n) is 6.76. The maximum absolute atomic E-state index is 12.4. The summed E-state index contributed by atoms with van der Waals surface area (Å²) in [5.41, 5.74) is 0. The lowest BCUT2D eigenvalue weighted by Gasteiger charge is -2.20. The zero-order valence-electron chi connectivity index (χ0n) is 33.2. The van der Waals surface area contributed by atoms with Crippen LogP contribution in [0.5, 0.6) is 0 Å². The van der Waals surface area contributed by atoms with Crippen molar-refractivity contribution in [1.29, 1.82) is 0 Å². The van der Waals surface area contributed by atoms with Gasteiger partial charge in [0.15, 0.2) is 0 Å². The molecule has 2 unspecified atom stereocenters. The number of hydrogen-bond acceptors (Lipinski definition) is 3. The number of aliphatic hydroxyl groups is 2. The average molecular weight is 690 g/mol. The molecule has 0 rings (SSSR count). The predicted octanol–water partition coefficient (Wildman–Crippen LogP) is 13.6. The molecule has 0 aromatic rings. The Hall–Kier alpha value is -1.13. The Bertz CT molecular complexity index is 705. The smallest absolute Gasteiger partial charge is 0.220 e. The molecule has 4 heteroatoms.